The first-order chi connectivity index (χ1) is 20.1. The van der Waals surface area contributed by atoms with Crippen LogP contribution in [-0.4, -0.2) is 47.5 Å². The number of piperazine rings is 1. The van der Waals surface area contributed by atoms with Crippen molar-refractivity contribution < 1.29 is 4.42 Å². The van der Waals surface area contributed by atoms with Gasteiger partial charge in [0.15, 0.2) is 0 Å². The molecule has 0 radical (unpaired) electrons. The molecular weight excluding hydrogens is 550 g/mol. The number of halogens is 1. The highest BCUT2D eigenvalue weighted by molar-refractivity contribution is 7.99. The molecule has 6 nitrogen and oxygen atoms in total. The summed E-state index contributed by atoms with van der Waals surface area (Å²) in [7, 11) is 0. The Hall–Kier alpha value is -3.80. The molecule has 0 unspecified atom stereocenters. The van der Waals surface area contributed by atoms with Crippen molar-refractivity contribution in [2.75, 3.05) is 38.0 Å². The van der Waals surface area contributed by atoms with Gasteiger partial charge in [-0.15, -0.1) is 0 Å². The maximum atomic E-state index is 9.84. The van der Waals surface area contributed by atoms with Gasteiger partial charge in [-0.2, -0.15) is 5.26 Å². The quantitative estimate of drug-likeness (QED) is 0.199. The van der Waals surface area contributed by atoms with Gasteiger partial charge in [0.05, 0.1) is 28.3 Å². The van der Waals surface area contributed by atoms with Gasteiger partial charge in [-0.05, 0) is 61.1 Å². The Labute approximate surface area is 249 Å². The third-order valence-electron chi connectivity index (χ3n) is 7.40. The maximum absolute atomic E-state index is 9.84. The van der Waals surface area contributed by atoms with Gasteiger partial charge < -0.3 is 14.6 Å². The third-order valence-corrected chi connectivity index (χ3v) is 8.91. The minimum absolute atomic E-state index is 0.465. The number of aromatic nitrogens is 1. The number of pyridine rings is 1. The summed E-state index contributed by atoms with van der Waals surface area (Å²) in [6.45, 7) is 8.45. The van der Waals surface area contributed by atoms with Crippen LogP contribution in [0, 0.1) is 11.3 Å². The molecule has 2 aromatic heterocycles. The van der Waals surface area contributed by atoms with Crippen molar-refractivity contribution >= 4 is 45.6 Å². The van der Waals surface area contributed by atoms with E-state index in [1.807, 2.05) is 60.7 Å². The summed E-state index contributed by atoms with van der Waals surface area (Å²) < 4.78 is 6.24. The van der Waals surface area contributed by atoms with E-state index in [0.29, 0.717) is 16.3 Å². The van der Waals surface area contributed by atoms with Gasteiger partial charge in [-0.1, -0.05) is 54.6 Å². The van der Waals surface area contributed by atoms with Crippen LogP contribution in [0.15, 0.2) is 99.3 Å². The predicted molar refractivity (Wildman–Crippen MR) is 167 cm³/mol. The monoisotopic (exact) mass is 579 g/mol. The van der Waals surface area contributed by atoms with E-state index in [-0.39, 0.29) is 0 Å². The van der Waals surface area contributed by atoms with Crippen molar-refractivity contribution in [3.05, 3.63) is 101 Å². The number of nitriles is 1. The van der Waals surface area contributed by atoms with Gasteiger partial charge in [0.2, 0.25) is 0 Å². The van der Waals surface area contributed by atoms with Crippen molar-refractivity contribution in [3.8, 4) is 17.4 Å². The number of anilines is 2. The van der Waals surface area contributed by atoms with Gasteiger partial charge in [-0.25, -0.2) is 0 Å². The van der Waals surface area contributed by atoms with E-state index >= 15 is 0 Å². The molecule has 0 aliphatic carbocycles. The Kier molecular flexibility index (Phi) is 8.26. The number of hydrogen-bond acceptors (Lipinski definition) is 7. The van der Waals surface area contributed by atoms with Gasteiger partial charge >= 0.3 is 0 Å². The Bertz CT molecular complexity index is 1710. The van der Waals surface area contributed by atoms with E-state index < -0.39 is 0 Å². The van der Waals surface area contributed by atoms with Crippen LogP contribution in [0.1, 0.15) is 18.2 Å². The van der Waals surface area contributed by atoms with Gasteiger partial charge in [0, 0.05) is 58.8 Å². The van der Waals surface area contributed by atoms with Gasteiger partial charge in [-0.3, -0.25) is 9.88 Å². The van der Waals surface area contributed by atoms with Crippen molar-refractivity contribution in [2.45, 2.75) is 23.3 Å². The number of rotatable bonds is 8. The minimum Gasteiger partial charge on any atom is -0.460 e. The zero-order valence-electron chi connectivity index (χ0n) is 22.8. The van der Waals surface area contributed by atoms with Crippen molar-refractivity contribution in [3.63, 3.8) is 0 Å². The van der Waals surface area contributed by atoms with Crippen LogP contribution in [0.4, 0.5) is 11.4 Å². The largest absolute Gasteiger partial charge is 0.460 e. The molecule has 1 N–H and O–H groups in total. The van der Waals surface area contributed by atoms with Crippen molar-refractivity contribution in [1.82, 2.24) is 14.8 Å². The Morgan fingerprint density at radius 2 is 1.78 bits per heavy atom. The summed E-state index contributed by atoms with van der Waals surface area (Å²) in [5.74, 6) is 1.78. The van der Waals surface area contributed by atoms with Gasteiger partial charge in [0.1, 0.15) is 17.6 Å². The molecule has 1 aliphatic rings. The second-order valence-electron chi connectivity index (χ2n) is 10.1. The second kappa shape index (κ2) is 12.4. The highest BCUT2D eigenvalue weighted by Crippen LogP contribution is 2.37. The molecule has 41 heavy (non-hydrogen) atoms. The number of nitrogens with one attached hydrogen (secondary N) is 1. The molecule has 206 valence electrons. The Balaban J connectivity index is 1.22. The molecule has 0 spiro atoms. The summed E-state index contributed by atoms with van der Waals surface area (Å²) in [4.78, 5) is 11.6. The number of benzene rings is 3. The van der Waals surface area contributed by atoms with Crippen LogP contribution < -0.4 is 5.32 Å². The molecule has 8 heteroatoms. The third kappa shape index (κ3) is 6.27. The fourth-order valence-corrected chi connectivity index (χ4v) is 6.23. The minimum atomic E-state index is 0.465. The van der Waals surface area contributed by atoms with Crippen LogP contribution in [-0.2, 0) is 6.54 Å². The topological polar surface area (TPSA) is 68.3 Å². The standard InChI is InChI=1S/C33H30ClN5OS/c1-2-38-14-16-39(17-15-38)22-26-10-12-31(40-26)23-8-11-28-30(18-23)36-21-24(20-35)33(28)37-25-9-13-32(29(34)19-25)41-27-6-4-3-5-7-27/h3-13,18-19,21H,2,14-17,22H2,1H3,(H,36,37). The lowest BCUT2D eigenvalue weighted by Crippen LogP contribution is -2.45. The lowest BCUT2D eigenvalue weighted by Gasteiger charge is -2.33. The molecule has 6 rings (SSSR count). The fraction of sp³-hybridized carbons (Fsp3) is 0.212. The molecule has 1 aliphatic heterocycles. The average molecular weight is 580 g/mol. The van der Waals surface area contributed by atoms with Crippen LogP contribution in [0.2, 0.25) is 5.02 Å². The highest BCUT2D eigenvalue weighted by atomic mass is 35.5. The summed E-state index contributed by atoms with van der Waals surface area (Å²) in [5.41, 5.74) is 3.70. The first-order valence-corrected chi connectivity index (χ1v) is 14.9. The molecular formula is C33H30ClN5OS. The van der Waals surface area contributed by atoms with Gasteiger partial charge in [0.25, 0.3) is 0 Å². The first kappa shape index (κ1) is 27.4. The number of fused-ring (bicyclic) bond motifs is 1. The molecule has 0 saturated carbocycles. The molecule has 1 saturated heterocycles. The summed E-state index contributed by atoms with van der Waals surface area (Å²) in [5, 5.41) is 14.8. The first-order valence-electron chi connectivity index (χ1n) is 13.8. The smallest absolute Gasteiger partial charge is 0.134 e. The van der Waals surface area contributed by atoms with E-state index in [1.165, 1.54) is 0 Å². The van der Waals surface area contributed by atoms with Crippen LogP contribution in [0.25, 0.3) is 22.2 Å². The Morgan fingerprint density at radius 3 is 2.54 bits per heavy atom. The fourth-order valence-electron chi connectivity index (χ4n) is 5.09. The van der Waals surface area contributed by atoms with E-state index in [9.17, 15) is 5.26 Å². The highest BCUT2D eigenvalue weighted by Gasteiger charge is 2.18. The molecule has 1 fully saturated rings. The number of likely N-dealkylation sites (N-methyl/N-ethyl adjacent to an activating group) is 1. The van der Waals surface area contributed by atoms with Crippen molar-refractivity contribution in [2.24, 2.45) is 0 Å². The normalized spacial score (nSPS) is 14.3. The zero-order valence-corrected chi connectivity index (χ0v) is 24.4. The second-order valence-corrected chi connectivity index (χ2v) is 11.6. The van der Waals surface area contributed by atoms with E-state index in [1.54, 1.807) is 18.0 Å². The molecule has 3 heterocycles. The van der Waals surface area contributed by atoms with E-state index in [0.717, 1.165) is 82.7 Å². The SMILES string of the molecule is CCN1CCN(Cc2ccc(-c3ccc4c(Nc5ccc(Sc6ccccc6)c(Cl)c5)c(C#N)cnc4c3)o2)CC1. The average Bonchev–Trinajstić information content (AvgIpc) is 3.48. The molecule has 0 bridgehead atoms. The molecule has 0 atom stereocenters. The molecule has 0 amide bonds. The predicted octanol–water partition coefficient (Wildman–Crippen LogP) is 8.05. The van der Waals surface area contributed by atoms with E-state index in [2.05, 4.69) is 51.3 Å². The lowest BCUT2D eigenvalue weighted by atomic mass is 10.1. The zero-order chi connectivity index (χ0) is 28.2. The molecule has 3 aromatic carbocycles. The Morgan fingerprint density at radius 1 is 0.976 bits per heavy atom. The van der Waals surface area contributed by atoms with Crippen LogP contribution in [0.3, 0.4) is 0 Å². The lowest BCUT2D eigenvalue weighted by molar-refractivity contribution is 0.125. The summed E-state index contributed by atoms with van der Waals surface area (Å²) in [6.07, 6.45) is 1.61. The van der Waals surface area contributed by atoms with Crippen LogP contribution >= 0.6 is 23.4 Å². The molecule has 5 aromatic rings. The van der Waals surface area contributed by atoms with Crippen LogP contribution in [0.5, 0.6) is 0 Å². The number of nitrogens with zero attached hydrogens (tertiary/aromatic N) is 4. The number of furan rings is 1. The summed E-state index contributed by atoms with van der Waals surface area (Å²) in [6, 6.07) is 28.4. The van der Waals surface area contributed by atoms with Crippen molar-refractivity contribution in [1.29, 1.82) is 5.26 Å². The van der Waals surface area contributed by atoms with E-state index in [4.69, 9.17) is 16.0 Å². The summed E-state index contributed by atoms with van der Waals surface area (Å²) >= 11 is 8.26. The number of hydrogen-bond donors (Lipinski definition) is 1. The maximum Gasteiger partial charge on any atom is 0.134 e.